The highest BCUT2D eigenvalue weighted by molar-refractivity contribution is 7.14. The van der Waals surface area contributed by atoms with Crippen molar-refractivity contribution in [3.05, 3.63) is 88.7 Å². The summed E-state index contributed by atoms with van der Waals surface area (Å²) in [6, 6.07) is 13.1. The second-order valence-electron chi connectivity index (χ2n) is 5.90. The van der Waals surface area contributed by atoms with Gasteiger partial charge in [0.05, 0.1) is 11.6 Å². The molecule has 1 N–H and O–H groups in total. The maximum atomic E-state index is 13.4. The van der Waals surface area contributed by atoms with Gasteiger partial charge < -0.3 is 5.11 Å². The van der Waals surface area contributed by atoms with Gasteiger partial charge in [-0.15, -0.1) is 11.3 Å². The number of halogens is 1. The van der Waals surface area contributed by atoms with Crippen LogP contribution in [0.4, 0.5) is 9.52 Å². The molecule has 27 heavy (non-hydrogen) atoms. The van der Waals surface area contributed by atoms with Crippen molar-refractivity contribution in [1.29, 1.82) is 0 Å². The fourth-order valence-electron chi connectivity index (χ4n) is 3.08. The molecule has 2 heterocycles. The van der Waals surface area contributed by atoms with E-state index in [1.54, 1.807) is 35.7 Å². The first-order valence-corrected chi connectivity index (χ1v) is 8.97. The van der Waals surface area contributed by atoms with Crippen LogP contribution >= 0.6 is 11.3 Å². The molecule has 0 radical (unpaired) electrons. The molecular weight excluding hydrogens is 367 g/mol. The number of aliphatic hydroxyl groups is 1. The SMILES string of the molecule is O=C1C(=O)N(c2nccs2)[C@@H](c2ccc(F)cc2)C1=C(O)c1ccccc1. The lowest BCUT2D eigenvalue weighted by molar-refractivity contribution is -0.132. The average Bonchev–Trinajstić information content (AvgIpc) is 3.30. The van der Waals surface area contributed by atoms with Gasteiger partial charge in [-0.25, -0.2) is 9.37 Å². The third kappa shape index (κ3) is 2.92. The highest BCUT2D eigenvalue weighted by Crippen LogP contribution is 2.42. The molecule has 1 aliphatic rings. The van der Waals surface area contributed by atoms with Crippen molar-refractivity contribution in [2.24, 2.45) is 0 Å². The van der Waals surface area contributed by atoms with Crippen molar-refractivity contribution in [3.8, 4) is 0 Å². The van der Waals surface area contributed by atoms with Crippen LogP contribution in [0.25, 0.3) is 5.76 Å². The molecule has 4 rings (SSSR count). The minimum atomic E-state index is -0.892. The Morgan fingerprint density at radius 1 is 1.07 bits per heavy atom. The van der Waals surface area contributed by atoms with Gasteiger partial charge in [-0.3, -0.25) is 14.5 Å². The number of rotatable bonds is 3. The van der Waals surface area contributed by atoms with Crippen molar-refractivity contribution in [2.45, 2.75) is 6.04 Å². The van der Waals surface area contributed by atoms with Gasteiger partial charge in [-0.1, -0.05) is 42.5 Å². The van der Waals surface area contributed by atoms with Gasteiger partial charge >= 0.3 is 5.91 Å². The Kier molecular flexibility index (Phi) is 4.29. The molecule has 1 aliphatic heterocycles. The number of hydrogen-bond donors (Lipinski definition) is 1. The van der Waals surface area contributed by atoms with Crippen LogP contribution in [0.1, 0.15) is 17.2 Å². The van der Waals surface area contributed by atoms with Gasteiger partial charge in [-0.2, -0.15) is 0 Å². The summed E-state index contributed by atoms with van der Waals surface area (Å²) in [5, 5.41) is 12.8. The van der Waals surface area contributed by atoms with Gasteiger partial charge in [0.15, 0.2) is 5.13 Å². The van der Waals surface area contributed by atoms with Crippen LogP contribution in [-0.2, 0) is 9.59 Å². The zero-order valence-electron chi connectivity index (χ0n) is 13.9. The molecule has 0 spiro atoms. The molecule has 7 heteroatoms. The number of anilines is 1. The van der Waals surface area contributed by atoms with E-state index in [0.29, 0.717) is 16.3 Å². The number of aromatic nitrogens is 1. The van der Waals surface area contributed by atoms with Gasteiger partial charge in [0, 0.05) is 17.1 Å². The Balaban J connectivity index is 1.94. The Labute approximate surface area is 158 Å². The minimum Gasteiger partial charge on any atom is -0.507 e. The number of ketones is 1. The van der Waals surface area contributed by atoms with Gasteiger partial charge in [0.2, 0.25) is 0 Å². The van der Waals surface area contributed by atoms with E-state index in [4.69, 9.17) is 0 Å². The zero-order valence-corrected chi connectivity index (χ0v) is 14.7. The van der Waals surface area contributed by atoms with Crippen LogP contribution in [-0.4, -0.2) is 21.8 Å². The van der Waals surface area contributed by atoms with E-state index in [1.165, 1.54) is 46.7 Å². The molecule has 2 aromatic carbocycles. The lowest BCUT2D eigenvalue weighted by atomic mass is 9.95. The van der Waals surface area contributed by atoms with Crippen molar-refractivity contribution in [2.75, 3.05) is 4.90 Å². The molecule has 1 fully saturated rings. The van der Waals surface area contributed by atoms with E-state index < -0.39 is 23.5 Å². The summed E-state index contributed by atoms with van der Waals surface area (Å²) in [6.07, 6.45) is 1.53. The predicted molar refractivity (Wildman–Crippen MR) is 99.7 cm³/mol. The Bertz CT molecular complexity index is 1030. The number of carbonyl (C=O) groups is 2. The van der Waals surface area contributed by atoms with Gasteiger partial charge in [0.1, 0.15) is 11.6 Å². The van der Waals surface area contributed by atoms with Crippen molar-refractivity contribution in [3.63, 3.8) is 0 Å². The number of carbonyl (C=O) groups excluding carboxylic acids is 2. The van der Waals surface area contributed by atoms with Gasteiger partial charge in [-0.05, 0) is 17.7 Å². The molecule has 0 saturated carbocycles. The number of nitrogens with zero attached hydrogens (tertiary/aromatic N) is 2. The largest absolute Gasteiger partial charge is 0.507 e. The topological polar surface area (TPSA) is 70.5 Å². The van der Waals surface area contributed by atoms with Crippen LogP contribution in [0, 0.1) is 5.82 Å². The molecule has 1 amide bonds. The number of hydrogen-bond acceptors (Lipinski definition) is 5. The summed E-state index contributed by atoms with van der Waals surface area (Å²) in [5.41, 5.74) is 0.873. The van der Waals surface area contributed by atoms with Crippen LogP contribution in [0.3, 0.4) is 0 Å². The van der Waals surface area contributed by atoms with E-state index in [1.807, 2.05) is 0 Å². The fourth-order valence-corrected chi connectivity index (χ4v) is 3.74. The highest BCUT2D eigenvalue weighted by atomic mass is 32.1. The summed E-state index contributed by atoms with van der Waals surface area (Å²) in [6.45, 7) is 0. The molecule has 5 nitrogen and oxygen atoms in total. The Morgan fingerprint density at radius 2 is 1.78 bits per heavy atom. The standard InChI is InChI=1S/C20H13FN2O3S/c21-14-8-6-12(7-9-14)16-15(17(24)13-4-2-1-3-5-13)18(25)19(26)23(16)20-22-10-11-27-20/h1-11,16,24H/t16-/m0/s1. The summed E-state index contributed by atoms with van der Waals surface area (Å²) in [7, 11) is 0. The van der Waals surface area contributed by atoms with Crippen LogP contribution in [0.2, 0.25) is 0 Å². The van der Waals surface area contributed by atoms with Crippen molar-refractivity contribution < 1.29 is 19.1 Å². The molecular formula is C20H13FN2O3S. The molecule has 0 unspecified atom stereocenters. The lowest BCUT2D eigenvalue weighted by Gasteiger charge is -2.22. The number of aliphatic hydroxyl groups excluding tert-OH is 1. The van der Waals surface area contributed by atoms with Crippen LogP contribution < -0.4 is 4.90 Å². The van der Waals surface area contributed by atoms with Crippen molar-refractivity contribution in [1.82, 2.24) is 4.98 Å². The van der Waals surface area contributed by atoms with Crippen molar-refractivity contribution >= 4 is 33.9 Å². The third-order valence-electron chi connectivity index (χ3n) is 4.30. The lowest BCUT2D eigenvalue weighted by Crippen LogP contribution is -2.29. The first-order chi connectivity index (χ1) is 13.1. The summed E-state index contributed by atoms with van der Waals surface area (Å²) in [5.74, 6) is -2.30. The van der Waals surface area contributed by atoms with Crippen LogP contribution in [0.15, 0.2) is 71.7 Å². The molecule has 0 aliphatic carbocycles. The van der Waals surface area contributed by atoms with E-state index in [2.05, 4.69) is 4.98 Å². The smallest absolute Gasteiger partial charge is 0.301 e. The highest BCUT2D eigenvalue weighted by Gasteiger charge is 2.47. The average molecular weight is 380 g/mol. The van der Waals surface area contributed by atoms with Crippen LogP contribution in [0.5, 0.6) is 0 Å². The number of benzene rings is 2. The van der Waals surface area contributed by atoms with E-state index in [9.17, 15) is 19.1 Å². The number of thiazole rings is 1. The molecule has 1 atom stereocenters. The van der Waals surface area contributed by atoms with E-state index in [-0.39, 0.29) is 11.3 Å². The molecule has 134 valence electrons. The Morgan fingerprint density at radius 3 is 2.41 bits per heavy atom. The maximum Gasteiger partial charge on any atom is 0.301 e. The minimum absolute atomic E-state index is 0.0481. The Hall–Kier alpha value is -3.32. The summed E-state index contributed by atoms with van der Waals surface area (Å²) >= 11 is 1.20. The monoisotopic (exact) mass is 380 g/mol. The quantitative estimate of drug-likeness (QED) is 0.425. The number of Topliss-reactive ketones (excluding diaryl/α,β-unsaturated/α-hetero) is 1. The fraction of sp³-hybridized carbons (Fsp3) is 0.0500. The maximum absolute atomic E-state index is 13.4. The second kappa shape index (κ2) is 6.77. The second-order valence-corrected chi connectivity index (χ2v) is 6.77. The van der Waals surface area contributed by atoms with E-state index in [0.717, 1.165) is 0 Å². The summed E-state index contributed by atoms with van der Waals surface area (Å²) in [4.78, 5) is 30.9. The molecule has 1 aromatic heterocycles. The summed E-state index contributed by atoms with van der Waals surface area (Å²) < 4.78 is 13.4. The first-order valence-electron chi connectivity index (χ1n) is 8.09. The normalized spacial score (nSPS) is 18.9. The number of amides is 1. The third-order valence-corrected chi connectivity index (χ3v) is 5.07. The molecule has 3 aromatic rings. The first kappa shape index (κ1) is 17.1. The predicted octanol–water partition coefficient (Wildman–Crippen LogP) is 3.91. The van der Waals surface area contributed by atoms with E-state index >= 15 is 0 Å². The zero-order chi connectivity index (χ0) is 19.0. The van der Waals surface area contributed by atoms with Gasteiger partial charge in [0.25, 0.3) is 5.78 Å². The molecule has 0 bridgehead atoms. The molecule has 1 saturated heterocycles.